The average Bonchev–Trinajstić information content (AvgIpc) is 3.02. The molecule has 2 heterocycles. The van der Waals surface area contributed by atoms with Crippen molar-refractivity contribution < 1.29 is 9.90 Å². The lowest BCUT2D eigenvalue weighted by molar-refractivity contribution is 0.0698. The Morgan fingerprint density at radius 3 is 2.85 bits per heavy atom. The number of carboxylic acids is 1. The highest BCUT2D eigenvalue weighted by Crippen LogP contribution is 2.20. The molecular formula is C15H15N3O2. The topological polar surface area (TPSA) is 60.0 Å². The maximum absolute atomic E-state index is 11.3. The maximum Gasteiger partial charge on any atom is 0.337 e. The van der Waals surface area contributed by atoms with Crippen molar-refractivity contribution in [1.29, 1.82) is 0 Å². The molecule has 0 aliphatic rings. The van der Waals surface area contributed by atoms with Crippen LogP contribution in [0.5, 0.6) is 0 Å². The number of imidazole rings is 1. The lowest BCUT2D eigenvalue weighted by Crippen LogP contribution is -2.07. The number of aromatic carboxylic acids is 1. The van der Waals surface area contributed by atoms with Crippen LogP contribution in [0.4, 0.5) is 0 Å². The fourth-order valence-electron chi connectivity index (χ4n) is 2.48. The predicted molar refractivity (Wildman–Crippen MR) is 75.8 cm³/mol. The largest absolute Gasteiger partial charge is 0.478 e. The van der Waals surface area contributed by atoms with E-state index in [1.54, 1.807) is 18.3 Å². The van der Waals surface area contributed by atoms with Gasteiger partial charge in [0.25, 0.3) is 0 Å². The van der Waals surface area contributed by atoms with E-state index in [1.165, 1.54) is 0 Å². The summed E-state index contributed by atoms with van der Waals surface area (Å²) < 4.78 is 3.96. The van der Waals surface area contributed by atoms with Crippen LogP contribution in [0.15, 0.2) is 42.9 Å². The van der Waals surface area contributed by atoms with E-state index in [2.05, 4.69) is 4.98 Å². The zero-order valence-corrected chi connectivity index (χ0v) is 11.2. The van der Waals surface area contributed by atoms with Crippen molar-refractivity contribution >= 4 is 16.9 Å². The second kappa shape index (κ2) is 4.85. The summed E-state index contributed by atoms with van der Waals surface area (Å²) >= 11 is 0. The maximum atomic E-state index is 11.3. The van der Waals surface area contributed by atoms with Gasteiger partial charge in [-0.2, -0.15) is 0 Å². The van der Waals surface area contributed by atoms with Crippen LogP contribution in [0, 0.1) is 0 Å². The number of benzene rings is 1. The molecule has 0 saturated heterocycles. The van der Waals surface area contributed by atoms with Gasteiger partial charge in [0, 0.05) is 44.0 Å². The van der Waals surface area contributed by atoms with Gasteiger partial charge >= 0.3 is 5.97 Å². The van der Waals surface area contributed by atoms with Gasteiger partial charge in [-0.3, -0.25) is 0 Å². The minimum atomic E-state index is -0.896. The van der Waals surface area contributed by atoms with Crippen molar-refractivity contribution in [3.05, 3.63) is 54.2 Å². The minimum Gasteiger partial charge on any atom is -0.478 e. The summed E-state index contributed by atoms with van der Waals surface area (Å²) in [6.45, 7) is 0.707. The summed E-state index contributed by atoms with van der Waals surface area (Å²) in [7, 11) is 1.96. The third-order valence-corrected chi connectivity index (χ3v) is 3.52. The molecule has 3 rings (SSSR count). The molecule has 5 heteroatoms. The zero-order chi connectivity index (χ0) is 14.1. The molecule has 1 N–H and O–H groups in total. The summed E-state index contributed by atoms with van der Waals surface area (Å²) in [6, 6.07) is 7.29. The van der Waals surface area contributed by atoms with Crippen LogP contribution in [0.3, 0.4) is 0 Å². The van der Waals surface area contributed by atoms with Crippen molar-refractivity contribution in [2.75, 3.05) is 0 Å². The molecule has 2 aromatic heterocycles. The molecule has 0 aliphatic carbocycles. The van der Waals surface area contributed by atoms with Gasteiger partial charge < -0.3 is 14.2 Å². The highest BCUT2D eigenvalue weighted by molar-refractivity contribution is 6.02. The quantitative estimate of drug-likeness (QED) is 0.790. The first-order valence-corrected chi connectivity index (χ1v) is 6.44. The Labute approximate surface area is 116 Å². The Hall–Kier alpha value is -2.56. The van der Waals surface area contributed by atoms with Crippen molar-refractivity contribution in [3.63, 3.8) is 0 Å². The van der Waals surface area contributed by atoms with E-state index in [1.807, 2.05) is 40.7 Å². The Morgan fingerprint density at radius 1 is 1.30 bits per heavy atom. The lowest BCUT2D eigenvalue weighted by Gasteiger charge is -2.08. The van der Waals surface area contributed by atoms with Crippen LogP contribution in [0.2, 0.25) is 0 Å². The summed E-state index contributed by atoms with van der Waals surface area (Å²) in [5.41, 5.74) is 1.11. The van der Waals surface area contributed by atoms with Gasteiger partial charge in [0.15, 0.2) is 0 Å². The number of aromatic nitrogens is 3. The highest BCUT2D eigenvalue weighted by Gasteiger charge is 2.12. The Morgan fingerprint density at radius 2 is 2.15 bits per heavy atom. The number of aryl methyl sites for hydroxylation is 3. The molecule has 0 atom stereocenters. The van der Waals surface area contributed by atoms with E-state index >= 15 is 0 Å². The minimum absolute atomic E-state index is 0.340. The molecule has 0 bridgehead atoms. The number of carboxylic acid groups (broad SMARTS) is 1. The summed E-state index contributed by atoms with van der Waals surface area (Å²) in [5.74, 6) is 0.0900. The third-order valence-electron chi connectivity index (χ3n) is 3.52. The van der Waals surface area contributed by atoms with Gasteiger partial charge in [-0.1, -0.05) is 12.1 Å². The highest BCUT2D eigenvalue weighted by atomic mass is 16.4. The summed E-state index contributed by atoms with van der Waals surface area (Å²) in [6.07, 6.45) is 6.37. The second-order valence-corrected chi connectivity index (χ2v) is 4.76. The molecule has 1 aromatic carbocycles. The van der Waals surface area contributed by atoms with E-state index in [0.29, 0.717) is 12.1 Å². The molecule has 3 aromatic rings. The number of fused-ring (bicyclic) bond motifs is 1. The van der Waals surface area contributed by atoms with Gasteiger partial charge in [0.2, 0.25) is 0 Å². The predicted octanol–water partition coefficient (Wildman–Crippen LogP) is 2.32. The number of hydrogen-bond donors (Lipinski definition) is 1. The molecule has 0 spiro atoms. The van der Waals surface area contributed by atoms with E-state index in [0.717, 1.165) is 23.1 Å². The van der Waals surface area contributed by atoms with Crippen molar-refractivity contribution in [1.82, 2.24) is 14.1 Å². The number of carbonyl (C=O) groups is 1. The van der Waals surface area contributed by atoms with Crippen LogP contribution in [-0.4, -0.2) is 25.2 Å². The van der Waals surface area contributed by atoms with Gasteiger partial charge in [0.1, 0.15) is 5.82 Å². The second-order valence-electron chi connectivity index (χ2n) is 4.76. The van der Waals surface area contributed by atoms with Gasteiger partial charge in [0.05, 0.1) is 11.1 Å². The molecule has 0 saturated carbocycles. The molecule has 0 fully saturated rings. The van der Waals surface area contributed by atoms with Crippen molar-refractivity contribution in [3.8, 4) is 0 Å². The Bertz CT molecular complexity index is 770. The SMILES string of the molecule is Cn1ccnc1CCn1ccc2cccc(C(=O)O)c21. The fourth-order valence-corrected chi connectivity index (χ4v) is 2.48. The normalized spacial score (nSPS) is 11.1. The third kappa shape index (κ3) is 2.07. The molecule has 0 aliphatic heterocycles. The van der Waals surface area contributed by atoms with E-state index in [9.17, 15) is 9.90 Å². The molecular weight excluding hydrogens is 254 g/mol. The zero-order valence-electron chi connectivity index (χ0n) is 11.2. The number of para-hydroxylation sites is 1. The fraction of sp³-hybridized carbons (Fsp3) is 0.200. The summed E-state index contributed by atoms with van der Waals surface area (Å²) in [5, 5.41) is 10.2. The molecule has 102 valence electrons. The first-order valence-electron chi connectivity index (χ1n) is 6.44. The van der Waals surface area contributed by atoms with Gasteiger partial charge in [-0.15, -0.1) is 0 Å². The van der Waals surface area contributed by atoms with Crippen molar-refractivity contribution in [2.24, 2.45) is 7.05 Å². The Balaban J connectivity index is 1.96. The van der Waals surface area contributed by atoms with Crippen LogP contribution in [0.1, 0.15) is 16.2 Å². The molecule has 0 unspecified atom stereocenters. The molecule has 0 amide bonds. The number of nitrogens with zero attached hydrogens (tertiary/aromatic N) is 3. The molecule has 0 radical (unpaired) electrons. The monoisotopic (exact) mass is 269 g/mol. The standard InChI is InChI=1S/C15H15N3O2/c1-17-10-7-16-13(17)6-9-18-8-5-11-3-2-4-12(14(11)18)15(19)20/h2-5,7-8,10H,6,9H2,1H3,(H,19,20). The first kappa shape index (κ1) is 12.5. The Kier molecular flexibility index (Phi) is 3.02. The lowest BCUT2D eigenvalue weighted by atomic mass is 10.1. The smallest absolute Gasteiger partial charge is 0.337 e. The first-order chi connectivity index (χ1) is 9.66. The van der Waals surface area contributed by atoms with Crippen molar-refractivity contribution in [2.45, 2.75) is 13.0 Å². The van der Waals surface area contributed by atoms with Crippen LogP contribution in [0.25, 0.3) is 10.9 Å². The number of hydrogen-bond acceptors (Lipinski definition) is 2. The van der Waals surface area contributed by atoms with Gasteiger partial charge in [-0.25, -0.2) is 9.78 Å². The van der Waals surface area contributed by atoms with E-state index in [-0.39, 0.29) is 0 Å². The van der Waals surface area contributed by atoms with E-state index < -0.39 is 5.97 Å². The van der Waals surface area contributed by atoms with Crippen LogP contribution >= 0.6 is 0 Å². The van der Waals surface area contributed by atoms with Crippen LogP contribution in [-0.2, 0) is 20.0 Å². The van der Waals surface area contributed by atoms with E-state index in [4.69, 9.17) is 0 Å². The average molecular weight is 269 g/mol. The van der Waals surface area contributed by atoms with Gasteiger partial charge in [-0.05, 0) is 12.1 Å². The summed E-state index contributed by atoms with van der Waals surface area (Å²) in [4.78, 5) is 15.6. The number of rotatable bonds is 4. The molecule has 20 heavy (non-hydrogen) atoms. The van der Waals surface area contributed by atoms with Crippen LogP contribution < -0.4 is 0 Å². The molecule has 5 nitrogen and oxygen atoms in total.